The van der Waals surface area contributed by atoms with E-state index in [2.05, 4.69) is 10.6 Å². The van der Waals surface area contributed by atoms with Crippen molar-refractivity contribution in [2.24, 2.45) is 5.41 Å². The Balaban J connectivity index is 2.21. The van der Waals surface area contributed by atoms with Crippen LogP contribution >= 0.6 is 0 Å². The molecule has 5 N–H and O–H groups in total. The van der Waals surface area contributed by atoms with E-state index in [4.69, 9.17) is 0 Å². The van der Waals surface area contributed by atoms with Gasteiger partial charge in [-0.05, 0) is 56.6 Å². The Morgan fingerprint density at radius 3 is 1.74 bits per heavy atom. The number of aliphatic hydroxyl groups excluding tert-OH is 2. The van der Waals surface area contributed by atoms with Crippen LogP contribution in [0.1, 0.15) is 66.0 Å². The molecule has 0 aromatic heterocycles. The highest BCUT2D eigenvalue weighted by atomic mass is 16.4. The van der Waals surface area contributed by atoms with Gasteiger partial charge in [0.15, 0.2) is 0 Å². The van der Waals surface area contributed by atoms with Gasteiger partial charge in [0, 0.05) is 18.6 Å². The maximum absolute atomic E-state index is 13.3. The first-order valence-corrected chi connectivity index (χ1v) is 14.7. The van der Waals surface area contributed by atoms with E-state index in [9.17, 15) is 30.0 Å². The molecule has 9 heteroatoms. The van der Waals surface area contributed by atoms with E-state index in [0.29, 0.717) is 6.42 Å². The molecule has 0 aliphatic carbocycles. The number of rotatable bonds is 14. The molecule has 1 unspecified atom stereocenters. The average molecular weight is 585 g/mol. The van der Waals surface area contributed by atoms with Crippen LogP contribution in [0.2, 0.25) is 0 Å². The summed E-state index contributed by atoms with van der Waals surface area (Å²) in [5, 5.41) is 51.8. The smallest absolute Gasteiger partial charge is 0.252 e. The number of hydrogen-bond donors (Lipinski definition) is 5. The highest BCUT2D eigenvalue weighted by Gasteiger charge is 2.46. The number of hydrogen-bond acceptors (Lipinski definition) is 7. The lowest BCUT2D eigenvalue weighted by Crippen LogP contribution is -2.62. The molecule has 0 heterocycles. The van der Waals surface area contributed by atoms with Crippen molar-refractivity contribution < 1.29 is 30.0 Å². The van der Waals surface area contributed by atoms with Crippen molar-refractivity contribution in [2.45, 2.75) is 103 Å². The van der Waals surface area contributed by atoms with Gasteiger partial charge in [-0.2, -0.15) is 0 Å². The summed E-state index contributed by atoms with van der Waals surface area (Å²) in [6, 6.07) is 17.2. The summed E-state index contributed by atoms with van der Waals surface area (Å²) in [5.41, 5.74) is -1.44. The van der Waals surface area contributed by atoms with Crippen molar-refractivity contribution in [2.75, 3.05) is 13.1 Å². The number of nitrogens with zero attached hydrogens (tertiary/aromatic N) is 1. The highest BCUT2D eigenvalue weighted by Crippen LogP contribution is 2.33. The number of benzene rings is 2. The number of aliphatic hydroxyl groups is 3. The molecule has 0 radical (unpaired) electrons. The third-order valence-electron chi connectivity index (χ3n) is 7.90. The Kier molecular flexibility index (Phi) is 12.5. The van der Waals surface area contributed by atoms with Crippen LogP contribution in [0.5, 0.6) is 0 Å². The zero-order valence-electron chi connectivity index (χ0n) is 26.1. The summed E-state index contributed by atoms with van der Waals surface area (Å²) in [7, 11) is 0. The largest absolute Gasteiger partial charge is 0.530 e. The Morgan fingerprint density at radius 2 is 1.31 bits per heavy atom. The lowest BCUT2D eigenvalue weighted by atomic mass is 9.74. The molecule has 0 saturated carbocycles. The zero-order chi connectivity index (χ0) is 31.7. The molecule has 0 fully saturated rings. The van der Waals surface area contributed by atoms with Crippen LogP contribution in [0.4, 0.5) is 4.79 Å². The van der Waals surface area contributed by atoms with Crippen molar-refractivity contribution in [3.63, 3.8) is 0 Å². The van der Waals surface area contributed by atoms with Gasteiger partial charge >= 0.3 is 0 Å². The van der Waals surface area contributed by atoms with Gasteiger partial charge in [-0.25, -0.2) is 0 Å². The molecule has 5 atom stereocenters. The SMILES string of the molecule is CCC(O)(C(=O)N[C@@H](Cc1ccccc1)[C@H](O)CNC[C@@H](O)[C@H](Cc1ccccc1)N(C(=O)[O-])C(C)(C)C)C(C)(C)C. The van der Waals surface area contributed by atoms with Crippen molar-refractivity contribution >= 4 is 12.0 Å². The first kappa shape index (κ1) is 35.2. The molecule has 0 aliphatic rings. The summed E-state index contributed by atoms with van der Waals surface area (Å²) in [4.78, 5) is 26.7. The molecule has 2 amide bonds. The van der Waals surface area contributed by atoms with Gasteiger partial charge < -0.3 is 40.8 Å². The van der Waals surface area contributed by atoms with Gasteiger partial charge in [-0.3, -0.25) is 4.79 Å². The second-order valence-electron chi connectivity index (χ2n) is 13.1. The van der Waals surface area contributed by atoms with E-state index in [-0.39, 0.29) is 25.9 Å². The van der Waals surface area contributed by atoms with E-state index < -0.39 is 52.8 Å². The van der Waals surface area contributed by atoms with Gasteiger partial charge in [0.05, 0.1) is 24.3 Å². The van der Waals surface area contributed by atoms with E-state index in [1.807, 2.05) is 60.7 Å². The molecule has 234 valence electrons. The number of amides is 2. The average Bonchev–Trinajstić information content (AvgIpc) is 2.91. The predicted octanol–water partition coefficient (Wildman–Crippen LogP) is 2.27. The van der Waals surface area contributed by atoms with Crippen LogP contribution in [-0.2, 0) is 17.6 Å². The van der Waals surface area contributed by atoms with Crippen LogP contribution in [0.3, 0.4) is 0 Å². The van der Waals surface area contributed by atoms with Crippen molar-refractivity contribution in [3.8, 4) is 0 Å². The maximum atomic E-state index is 13.3. The summed E-state index contributed by atoms with van der Waals surface area (Å²) in [6.07, 6.45) is -2.78. The molecule has 0 bridgehead atoms. The Hall–Kier alpha value is -2.98. The standard InChI is InChI=1S/C33H51N3O6/c1-8-33(42,31(2,3)4)29(39)35-25(19-23-15-11-9-12-16-23)27(37)21-34-22-28(38)26(20-24-17-13-10-14-18-24)36(30(40)41)32(5,6)7/h9-18,25-28,34,37-38,42H,8,19-22H2,1-7H3,(H,35,39)(H,40,41)/p-1/t25-,26-,27+,28+,33?/m0/s1. The molecule has 0 aliphatic heterocycles. The molecular formula is C33H50N3O6-. The van der Waals surface area contributed by atoms with Gasteiger partial charge in [0.25, 0.3) is 5.91 Å². The molecule has 2 rings (SSSR count). The van der Waals surface area contributed by atoms with Crippen LogP contribution in [-0.4, -0.2) is 80.7 Å². The monoisotopic (exact) mass is 584 g/mol. The molecule has 42 heavy (non-hydrogen) atoms. The van der Waals surface area contributed by atoms with Gasteiger partial charge in [-0.1, -0.05) is 88.4 Å². The quantitative estimate of drug-likeness (QED) is 0.229. The molecule has 2 aromatic carbocycles. The van der Waals surface area contributed by atoms with E-state index in [0.717, 1.165) is 11.1 Å². The third-order valence-corrected chi connectivity index (χ3v) is 7.90. The van der Waals surface area contributed by atoms with E-state index in [1.165, 1.54) is 4.90 Å². The predicted molar refractivity (Wildman–Crippen MR) is 163 cm³/mol. The Bertz CT molecular complexity index is 1120. The fourth-order valence-electron chi connectivity index (χ4n) is 5.29. The first-order valence-electron chi connectivity index (χ1n) is 14.7. The van der Waals surface area contributed by atoms with Gasteiger partial charge in [-0.15, -0.1) is 0 Å². The maximum Gasteiger partial charge on any atom is 0.252 e. The first-order chi connectivity index (χ1) is 19.5. The Morgan fingerprint density at radius 1 is 0.833 bits per heavy atom. The van der Waals surface area contributed by atoms with Crippen molar-refractivity contribution in [1.29, 1.82) is 0 Å². The molecule has 9 nitrogen and oxygen atoms in total. The summed E-state index contributed by atoms with van der Waals surface area (Å²) in [5.74, 6) is -0.560. The van der Waals surface area contributed by atoms with Crippen LogP contribution in [0, 0.1) is 5.41 Å². The van der Waals surface area contributed by atoms with Crippen LogP contribution < -0.4 is 15.7 Å². The fourth-order valence-corrected chi connectivity index (χ4v) is 5.29. The minimum atomic E-state index is -1.64. The van der Waals surface area contributed by atoms with E-state index in [1.54, 1.807) is 48.5 Å². The molecule has 0 spiro atoms. The summed E-state index contributed by atoms with van der Waals surface area (Å²) >= 11 is 0. The van der Waals surface area contributed by atoms with Gasteiger partial charge in [0.2, 0.25) is 0 Å². The van der Waals surface area contributed by atoms with Crippen LogP contribution in [0.25, 0.3) is 0 Å². The molecular weight excluding hydrogens is 534 g/mol. The second kappa shape index (κ2) is 15.0. The minimum absolute atomic E-state index is 0.00775. The topological polar surface area (TPSA) is 145 Å². The third kappa shape index (κ3) is 9.52. The minimum Gasteiger partial charge on any atom is -0.530 e. The number of nitrogens with one attached hydrogen (secondary N) is 2. The molecule has 2 aromatic rings. The lowest BCUT2D eigenvalue weighted by molar-refractivity contribution is -0.275. The lowest BCUT2D eigenvalue weighted by Gasteiger charge is -2.45. The zero-order valence-corrected chi connectivity index (χ0v) is 26.1. The highest BCUT2D eigenvalue weighted by molar-refractivity contribution is 5.86. The number of carbonyl (C=O) groups excluding carboxylic acids is 2. The number of carboxylic acid groups (broad SMARTS) is 1. The Labute approximate surface area is 251 Å². The second-order valence-corrected chi connectivity index (χ2v) is 13.1. The fraction of sp³-hybridized carbons (Fsp3) is 0.576. The number of carbonyl (C=O) groups is 2. The summed E-state index contributed by atoms with van der Waals surface area (Å²) < 4.78 is 0. The summed E-state index contributed by atoms with van der Waals surface area (Å²) in [6.45, 7) is 12.4. The van der Waals surface area contributed by atoms with Gasteiger partial charge in [0.1, 0.15) is 11.7 Å². The normalized spacial score (nSPS) is 16.5. The van der Waals surface area contributed by atoms with Crippen molar-refractivity contribution in [3.05, 3.63) is 71.8 Å². The van der Waals surface area contributed by atoms with Crippen LogP contribution in [0.15, 0.2) is 60.7 Å². The molecule has 0 saturated heterocycles. The van der Waals surface area contributed by atoms with Crippen molar-refractivity contribution in [1.82, 2.24) is 15.5 Å². The van der Waals surface area contributed by atoms with E-state index >= 15 is 0 Å².